The van der Waals surface area contributed by atoms with E-state index >= 15 is 0 Å². The van der Waals surface area contributed by atoms with E-state index in [4.69, 9.17) is 14.2 Å². The summed E-state index contributed by atoms with van der Waals surface area (Å²) in [4.78, 5) is 12.6. The lowest BCUT2D eigenvalue weighted by molar-refractivity contribution is 0.0472. The maximum atomic E-state index is 13.1. The summed E-state index contributed by atoms with van der Waals surface area (Å²) in [5, 5.41) is 0. The fourth-order valence-electron chi connectivity index (χ4n) is 3.26. The van der Waals surface area contributed by atoms with E-state index in [1.807, 2.05) is 24.3 Å². The number of methoxy groups -OCH3 is 1. The lowest BCUT2D eigenvalue weighted by Gasteiger charge is -2.26. The Hall–Kier alpha value is -2.42. The van der Waals surface area contributed by atoms with Gasteiger partial charge in [0.05, 0.1) is 25.9 Å². The summed E-state index contributed by atoms with van der Waals surface area (Å²) >= 11 is 0. The van der Waals surface area contributed by atoms with Crippen LogP contribution in [0.1, 0.15) is 42.3 Å². The van der Waals surface area contributed by atoms with Gasteiger partial charge >= 0.3 is 5.97 Å². The normalized spacial score (nSPS) is 15.5. The first-order valence-corrected chi connectivity index (χ1v) is 11.6. The summed E-state index contributed by atoms with van der Waals surface area (Å²) < 4.78 is 43.4. The molecule has 1 aliphatic heterocycles. The molecule has 1 aliphatic rings. The number of carbonyl (C=O) groups excluding carboxylic acids is 1. The second-order valence-electron chi connectivity index (χ2n) is 8.41. The van der Waals surface area contributed by atoms with Gasteiger partial charge in [-0.15, -0.1) is 0 Å². The molecule has 0 amide bonds. The minimum Gasteiger partial charge on any atom is -0.495 e. The average molecular weight is 448 g/mol. The summed E-state index contributed by atoms with van der Waals surface area (Å²) in [7, 11) is -2.43. The van der Waals surface area contributed by atoms with Gasteiger partial charge in [0.25, 0.3) is 0 Å². The van der Waals surface area contributed by atoms with Crippen LogP contribution in [0, 0.1) is 0 Å². The number of carbonyl (C=O) groups is 1. The highest BCUT2D eigenvalue weighted by Crippen LogP contribution is 2.29. The molecule has 0 aliphatic carbocycles. The lowest BCUT2D eigenvalue weighted by atomic mass is 9.87. The topological polar surface area (TPSA) is 82.1 Å². The van der Waals surface area contributed by atoms with E-state index in [1.165, 1.54) is 35.2 Å². The van der Waals surface area contributed by atoms with Crippen LogP contribution in [0.3, 0.4) is 0 Å². The molecule has 0 spiro atoms. The van der Waals surface area contributed by atoms with Crippen molar-refractivity contribution in [2.75, 3.05) is 33.4 Å². The number of hydrogen-bond acceptors (Lipinski definition) is 6. The third-order valence-electron chi connectivity index (χ3n) is 5.18. The van der Waals surface area contributed by atoms with Gasteiger partial charge in [0.2, 0.25) is 10.0 Å². The van der Waals surface area contributed by atoms with E-state index in [-0.39, 0.29) is 41.3 Å². The summed E-state index contributed by atoms with van der Waals surface area (Å²) in [6.45, 7) is 7.67. The number of rotatable bonds is 6. The van der Waals surface area contributed by atoms with Crippen LogP contribution in [0.25, 0.3) is 0 Å². The Morgan fingerprint density at radius 3 is 2.29 bits per heavy atom. The van der Waals surface area contributed by atoms with Crippen LogP contribution in [-0.2, 0) is 31.5 Å². The first kappa shape index (κ1) is 23.2. The second kappa shape index (κ2) is 9.38. The Balaban J connectivity index is 1.76. The molecule has 1 saturated heterocycles. The van der Waals surface area contributed by atoms with E-state index in [0.29, 0.717) is 13.2 Å². The zero-order chi connectivity index (χ0) is 22.6. The van der Waals surface area contributed by atoms with Gasteiger partial charge in [-0.05, 0) is 34.7 Å². The van der Waals surface area contributed by atoms with Crippen LogP contribution in [0.5, 0.6) is 5.75 Å². The number of nitrogens with zero attached hydrogens (tertiary/aromatic N) is 1. The largest absolute Gasteiger partial charge is 0.495 e. The first-order chi connectivity index (χ1) is 14.6. The van der Waals surface area contributed by atoms with Crippen LogP contribution in [0.4, 0.5) is 0 Å². The monoisotopic (exact) mass is 447 g/mol. The quantitative estimate of drug-likeness (QED) is 0.632. The zero-order valence-electron chi connectivity index (χ0n) is 18.4. The summed E-state index contributed by atoms with van der Waals surface area (Å²) in [5.41, 5.74) is 2.24. The van der Waals surface area contributed by atoms with E-state index in [9.17, 15) is 13.2 Å². The molecule has 1 heterocycles. The van der Waals surface area contributed by atoms with Gasteiger partial charge in [0.1, 0.15) is 17.3 Å². The Kier molecular flexibility index (Phi) is 7.03. The number of morpholine rings is 1. The maximum Gasteiger partial charge on any atom is 0.338 e. The molecular weight excluding hydrogens is 418 g/mol. The molecular formula is C23H29NO6S. The maximum absolute atomic E-state index is 13.1. The molecule has 8 heteroatoms. The molecule has 0 saturated carbocycles. The highest BCUT2D eigenvalue weighted by atomic mass is 32.2. The molecule has 168 valence electrons. The lowest BCUT2D eigenvalue weighted by Crippen LogP contribution is -2.40. The predicted octanol–water partition coefficient (Wildman–Crippen LogP) is 3.37. The summed E-state index contributed by atoms with van der Waals surface area (Å²) in [5.74, 6) is -0.415. The van der Waals surface area contributed by atoms with E-state index < -0.39 is 16.0 Å². The highest BCUT2D eigenvalue weighted by Gasteiger charge is 2.30. The van der Waals surface area contributed by atoms with Crippen molar-refractivity contribution in [2.24, 2.45) is 0 Å². The minimum atomic E-state index is -3.83. The number of benzene rings is 2. The fraction of sp³-hybridized carbons (Fsp3) is 0.435. The Bertz CT molecular complexity index is 1020. The Labute approximate surface area is 184 Å². The molecule has 0 aromatic heterocycles. The fourth-order valence-corrected chi connectivity index (χ4v) is 4.85. The van der Waals surface area contributed by atoms with Gasteiger partial charge in [-0.2, -0.15) is 4.31 Å². The average Bonchev–Trinajstić information content (AvgIpc) is 2.77. The minimum absolute atomic E-state index is 0.0423. The molecule has 2 aromatic rings. The predicted molar refractivity (Wildman–Crippen MR) is 117 cm³/mol. The Morgan fingerprint density at radius 2 is 1.71 bits per heavy atom. The van der Waals surface area contributed by atoms with Gasteiger partial charge in [-0.1, -0.05) is 45.0 Å². The van der Waals surface area contributed by atoms with Crippen molar-refractivity contribution >= 4 is 16.0 Å². The van der Waals surface area contributed by atoms with Gasteiger partial charge in [0.15, 0.2) is 0 Å². The summed E-state index contributed by atoms with van der Waals surface area (Å²) in [6, 6.07) is 12.2. The van der Waals surface area contributed by atoms with Crippen molar-refractivity contribution in [1.29, 1.82) is 0 Å². The van der Waals surface area contributed by atoms with Gasteiger partial charge in [-0.3, -0.25) is 0 Å². The molecule has 0 bridgehead atoms. The molecule has 2 aromatic carbocycles. The highest BCUT2D eigenvalue weighted by molar-refractivity contribution is 7.89. The molecule has 0 N–H and O–H groups in total. The number of esters is 1. The van der Waals surface area contributed by atoms with E-state index in [1.54, 1.807) is 0 Å². The Morgan fingerprint density at radius 1 is 1.06 bits per heavy atom. The van der Waals surface area contributed by atoms with E-state index in [2.05, 4.69) is 20.8 Å². The van der Waals surface area contributed by atoms with Gasteiger partial charge in [0, 0.05) is 13.1 Å². The van der Waals surface area contributed by atoms with Crippen molar-refractivity contribution in [3.63, 3.8) is 0 Å². The van der Waals surface area contributed by atoms with Gasteiger partial charge < -0.3 is 14.2 Å². The number of ether oxygens (including phenoxy) is 3. The van der Waals surface area contributed by atoms with Crippen molar-refractivity contribution in [1.82, 2.24) is 4.31 Å². The molecule has 0 unspecified atom stereocenters. The van der Waals surface area contributed by atoms with Crippen LogP contribution in [-0.4, -0.2) is 52.1 Å². The third-order valence-corrected chi connectivity index (χ3v) is 7.10. The van der Waals surface area contributed by atoms with Crippen LogP contribution < -0.4 is 4.74 Å². The van der Waals surface area contributed by atoms with E-state index in [0.717, 1.165) is 5.56 Å². The standard InChI is InChI=1S/C23H29NO6S/c1-23(2,3)19-8-5-17(6-9-19)16-30-22(25)18-7-10-20(28-4)21(15-18)31(26,27)24-11-13-29-14-12-24/h5-10,15H,11-14,16H2,1-4H3. The van der Waals surface area contributed by atoms with Crippen molar-refractivity contribution in [3.8, 4) is 5.75 Å². The molecule has 0 atom stereocenters. The van der Waals surface area contributed by atoms with Gasteiger partial charge in [-0.25, -0.2) is 13.2 Å². The van der Waals surface area contributed by atoms with Crippen LogP contribution >= 0.6 is 0 Å². The third kappa shape index (κ3) is 5.44. The number of hydrogen-bond donors (Lipinski definition) is 0. The van der Waals surface area contributed by atoms with Crippen molar-refractivity contribution in [2.45, 2.75) is 37.7 Å². The summed E-state index contributed by atoms with van der Waals surface area (Å²) in [6.07, 6.45) is 0. The van der Waals surface area contributed by atoms with Crippen molar-refractivity contribution < 1.29 is 27.4 Å². The molecule has 3 rings (SSSR count). The smallest absolute Gasteiger partial charge is 0.338 e. The van der Waals surface area contributed by atoms with Crippen LogP contribution in [0.15, 0.2) is 47.4 Å². The molecule has 1 fully saturated rings. The number of sulfonamides is 1. The molecule has 7 nitrogen and oxygen atoms in total. The molecule has 31 heavy (non-hydrogen) atoms. The van der Waals surface area contributed by atoms with Crippen molar-refractivity contribution in [3.05, 3.63) is 59.2 Å². The SMILES string of the molecule is COc1ccc(C(=O)OCc2ccc(C(C)(C)C)cc2)cc1S(=O)(=O)N1CCOCC1. The molecule has 0 radical (unpaired) electrons. The van der Waals surface area contributed by atoms with Crippen LogP contribution in [0.2, 0.25) is 0 Å². The zero-order valence-corrected chi connectivity index (χ0v) is 19.2. The first-order valence-electron chi connectivity index (χ1n) is 10.2. The second-order valence-corrected chi connectivity index (χ2v) is 10.3.